The topological polar surface area (TPSA) is 12.0 Å². The molecular weight excluding hydrogens is 226 g/mol. The third-order valence-corrected chi connectivity index (χ3v) is 3.67. The zero-order valence-electron chi connectivity index (χ0n) is 12.6. The van der Waals surface area contributed by atoms with Crippen molar-refractivity contribution in [2.45, 2.75) is 65.8 Å². The van der Waals surface area contributed by atoms with Gasteiger partial charge in [-0.15, -0.1) is 0 Å². The van der Waals surface area contributed by atoms with E-state index in [0.29, 0.717) is 0 Å². The van der Waals surface area contributed by atoms with Crippen molar-refractivity contribution in [1.29, 1.82) is 0 Å². The normalized spacial score (nSPS) is 12.0. The van der Waals surface area contributed by atoms with Crippen LogP contribution in [0.15, 0.2) is 0 Å². The quantitative estimate of drug-likeness (QED) is 0.546. The molecule has 0 heterocycles. The Morgan fingerprint density at radius 1 is 0.882 bits per heavy atom. The van der Waals surface area contributed by atoms with Crippen LogP contribution in [0.4, 0.5) is 0 Å². The van der Waals surface area contributed by atoms with Gasteiger partial charge in [-0.05, 0) is 56.1 Å². The lowest BCUT2D eigenvalue weighted by atomic mass is 9.95. The smallest absolute Gasteiger partial charge is 0.00719 e. The van der Waals surface area contributed by atoms with Crippen molar-refractivity contribution >= 4 is 11.8 Å². The van der Waals surface area contributed by atoms with E-state index >= 15 is 0 Å². The minimum Gasteiger partial charge on any atom is -0.314 e. The molecular formula is C15H33NS. The Balaban J connectivity index is 3.60. The fourth-order valence-electron chi connectivity index (χ4n) is 2.26. The van der Waals surface area contributed by atoms with Crippen LogP contribution >= 0.6 is 11.8 Å². The molecule has 0 amide bonds. The third kappa shape index (κ3) is 12.6. The van der Waals surface area contributed by atoms with Gasteiger partial charge in [-0.3, -0.25) is 0 Å². The highest BCUT2D eigenvalue weighted by Gasteiger charge is 2.11. The fourth-order valence-corrected chi connectivity index (χ4v) is 2.75. The Morgan fingerprint density at radius 2 is 1.47 bits per heavy atom. The average Bonchev–Trinajstić information content (AvgIpc) is 2.21. The van der Waals surface area contributed by atoms with Crippen molar-refractivity contribution in [1.82, 2.24) is 5.32 Å². The molecule has 0 aliphatic carbocycles. The molecule has 0 atom stereocenters. The summed E-state index contributed by atoms with van der Waals surface area (Å²) < 4.78 is 0. The van der Waals surface area contributed by atoms with Gasteiger partial charge >= 0.3 is 0 Å². The second kappa shape index (κ2) is 11.4. The van der Waals surface area contributed by atoms with Crippen LogP contribution in [0.2, 0.25) is 0 Å². The van der Waals surface area contributed by atoms with E-state index in [9.17, 15) is 0 Å². The Hall–Kier alpha value is 0.310. The molecule has 1 nitrogen and oxygen atoms in total. The molecule has 0 aromatic rings. The molecule has 0 saturated carbocycles. The molecule has 0 rings (SSSR count). The van der Waals surface area contributed by atoms with E-state index in [2.05, 4.69) is 39.3 Å². The summed E-state index contributed by atoms with van der Waals surface area (Å²) in [6, 6.07) is 0.732. The number of thioether (sulfide) groups is 1. The first-order chi connectivity index (χ1) is 8.06. The largest absolute Gasteiger partial charge is 0.314 e. The first-order valence-corrected chi connectivity index (χ1v) is 8.68. The first-order valence-electron chi connectivity index (χ1n) is 7.28. The van der Waals surface area contributed by atoms with Crippen molar-refractivity contribution in [3.8, 4) is 0 Å². The van der Waals surface area contributed by atoms with Gasteiger partial charge in [0.15, 0.2) is 0 Å². The van der Waals surface area contributed by atoms with Gasteiger partial charge in [-0.2, -0.15) is 11.8 Å². The zero-order valence-corrected chi connectivity index (χ0v) is 13.4. The second-order valence-electron chi connectivity index (χ2n) is 5.96. The molecule has 104 valence electrons. The van der Waals surface area contributed by atoms with Crippen LogP contribution in [0.3, 0.4) is 0 Å². The van der Waals surface area contributed by atoms with Crippen molar-refractivity contribution in [3.63, 3.8) is 0 Å². The minimum absolute atomic E-state index is 0.732. The summed E-state index contributed by atoms with van der Waals surface area (Å²) in [6.45, 7) is 10.5. The first kappa shape index (κ1) is 17.3. The fraction of sp³-hybridized carbons (Fsp3) is 1.00. The van der Waals surface area contributed by atoms with Crippen LogP contribution in [-0.4, -0.2) is 24.6 Å². The van der Waals surface area contributed by atoms with Crippen LogP contribution in [-0.2, 0) is 0 Å². The molecule has 0 aliphatic heterocycles. The zero-order chi connectivity index (χ0) is 13.1. The predicted molar refractivity (Wildman–Crippen MR) is 82.9 cm³/mol. The lowest BCUT2D eigenvalue weighted by Gasteiger charge is -2.22. The Kier molecular flexibility index (Phi) is 11.6. The van der Waals surface area contributed by atoms with Crippen LogP contribution in [0.5, 0.6) is 0 Å². The lowest BCUT2D eigenvalue weighted by Crippen LogP contribution is -2.32. The molecule has 0 spiro atoms. The molecule has 0 aliphatic rings. The third-order valence-electron chi connectivity index (χ3n) is 2.97. The maximum absolute atomic E-state index is 3.75. The van der Waals surface area contributed by atoms with Crippen molar-refractivity contribution in [2.75, 3.05) is 18.6 Å². The Morgan fingerprint density at radius 3 is 1.94 bits per heavy atom. The van der Waals surface area contributed by atoms with Crippen molar-refractivity contribution in [3.05, 3.63) is 0 Å². The van der Waals surface area contributed by atoms with Gasteiger partial charge in [0.1, 0.15) is 0 Å². The van der Waals surface area contributed by atoms with Gasteiger partial charge in [0.25, 0.3) is 0 Å². The molecule has 17 heavy (non-hydrogen) atoms. The summed E-state index contributed by atoms with van der Waals surface area (Å²) in [7, 11) is 0. The van der Waals surface area contributed by atoms with Gasteiger partial charge in [-0.25, -0.2) is 0 Å². The van der Waals surface area contributed by atoms with E-state index in [0.717, 1.165) is 17.9 Å². The van der Waals surface area contributed by atoms with E-state index in [4.69, 9.17) is 0 Å². The van der Waals surface area contributed by atoms with Crippen LogP contribution < -0.4 is 5.32 Å². The molecule has 1 N–H and O–H groups in total. The minimum atomic E-state index is 0.732. The average molecular weight is 260 g/mol. The van der Waals surface area contributed by atoms with Crippen molar-refractivity contribution < 1.29 is 0 Å². The molecule has 0 aromatic heterocycles. The van der Waals surface area contributed by atoms with E-state index in [1.165, 1.54) is 44.4 Å². The molecule has 2 heteroatoms. The van der Waals surface area contributed by atoms with Gasteiger partial charge < -0.3 is 5.32 Å². The van der Waals surface area contributed by atoms with Crippen LogP contribution in [0, 0.1) is 11.8 Å². The number of unbranched alkanes of at least 4 members (excludes halogenated alkanes) is 2. The van der Waals surface area contributed by atoms with Gasteiger partial charge in [0, 0.05) is 6.04 Å². The SMILES string of the molecule is CSCCCCCNC(CC(C)C)CC(C)C. The van der Waals surface area contributed by atoms with Gasteiger partial charge in [0.05, 0.1) is 0 Å². The molecule has 0 bridgehead atoms. The van der Waals surface area contributed by atoms with E-state index < -0.39 is 0 Å². The van der Waals surface area contributed by atoms with Crippen LogP contribution in [0.1, 0.15) is 59.8 Å². The monoisotopic (exact) mass is 259 g/mol. The highest BCUT2D eigenvalue weighted by Crippen LogP contribution is 2.13. The summed E-state index contributed by atoms with van der Waals surface area (Å²) in [4.78, 5) is 0. The standard InChI is InChI=1S/C15H33NS/c1-13(2)11-15(12-14(3)4)16-9-7-6-8-10-17-5/h13-16H,6-12H2,1-5H3. The summed E-state index contributed by atoms with van der Waals surface area (Å²) in [5.41, 5.74) is 0. The number of nitrogens with one attached hydrogen (secondary N) is 1. The Bertz CT molecular complexity index is 147. The van der Waals surface area contributed by atoms with Crippen LogP contribution in [0.25, 0.3) is 0 Å². The van der Waals surface area contributed by atoms with E-state index in [1.807, 2.05) is 11.8 Å². The number of hydrogen-bond donors (Lipinski definition) is 1. The number of hydrogen-bond acceptors (Lipinski definition) is 2. The molecule has 0 radical (unpaired) electrons. The van der Waals surface area contributed by atoms with E-state index in [-0.39, 0.29) is 0 Å². The van der Waals surface area contributed by atoms with E-state index in [1.54, 1.807) is 0 Å². The maximum atomic E-state index is 3.75. The molecule has 0 aromatic carbocycles. The van der Waals surface area contributed by atoms with Gasteiger partial charge in [0.2, 0.25) is 0 Å². The highest BCUT2D eigenvalue weighted by molar-refractivity contribution is 7.98. The molecule has 0 unspecified atom stereocenters. The summed E-state index contributed by atoms with van der Waals surface area (Å²) >= 11 is 1.96. The van der Waals surface area contributed by atoms with Gasteiger partial charge in [-0.1, -0.05) is 34.1 Å². The second-order valence-corrected chi connectivity index (χ2v) is 6.95. The van der Waals surface area contributed by atoms with Crippen molar-refractivity contribution in [2.24, 2.45) is 11.8 Å². The summed E-state index contributed by atoms with van der Waals surface area (Å²) in [5, 5.41) is 3.75. The highest BCUT2D eigenvalue weighted by atomic mass is 32.2. The lowest BCUT2D eigenvalue weighted by molar-refractivity contribution is 0.357. The molecule has 0 fully saturated rings. The predicted octanol–water partition coefficient (Wildman–Crippen LogP) is 4.57. The number of rotatable bonds is 11. The summed E-state index contributed by atoms with van der Waals surface area (Å²) in [6.07, 6.45) is 8.94. The molecule has 0 saturated heterocycles. The summed E-state index contributed by atoms with van der Waals surface area (Å²) in [5.74, 6) is 2.94. The maximum Gasteiger partial charge on any atom is 0.00719 e. The Labute approximate surface area is 114 Å².